The van der Waals surface area contributed by atoms with Gasteiger partial charge in [-0.25, -0.2) is 4.79 Å². The van der Waals surface area contributed by atoms with Crippen molar-refractivity contribution in [1.29, 1.82) is 0 Å². The van der Waals surface area contributed by atoms with E-state index in [4.69, 9.17) is 0 Å². The molecular weight excluding hydrogens is 366 g/mol. The number of carbonyl (C=O) groups is 2. The zero-order chi connectivity index (χ0) is 18.2. The minimum atomic E-state index is -0.518. The number of nitro benzene ring substituents is 1. The topological polar surface area (TPSA) is 146 Å². The Bertz CT molecular complexity index is 627. The summed E-state index contributed by atoms with van der Waals surface area (Å²) in [6, 6.07) is 5.29. The van der Waals surface area contributed by atoms with Crippen LogP contribution in [0, 0.1) is 16.0 Å². The molecular formula is C15H22ClN5O5. The first-order valence-electron chi connectivity index (χ1n) is 7.86. The first-order chi connectivity index (χ1) is 12.0. The lowest BCUT2D eigenvalue weighted by Crippen LogP contribution is -2.43. The molecule has 1 aromatic rings. The third kappa shape index (κ3) is 6.82. The highest BCUT2D eigenvalue weighted by atomic mass is 35.5. The molecule has 2 rings (SSSR count). The van der Waals surface area contributed by atoms with Gasteiger partial charge in [0.05, 0.1) is 17.6 Å². The molecule has 0 spiro atoms. The van der Waals surface area contributed by atoms with Gasteiger partial charge in [0, 0.05) is 44.2 Å². The number of hydrogen-bond acceptors (Lipinski definition) is 6. The van der Waals surface area contributed by atoms with Gasteiger partial charge in [0.2, 0.25) is 5.91 Å². The lowest BCUT2D eigenvalue weighted by atomic mass is 10.1. The van der Waals surface area contributed by atoms with E-state index in [1.54, 1.807) is 12.1 Å². The van der Waals surface area contributed by atoms with E-state index >= 15 is 0 Å². The summed E-state index contributed by atoms with van der Waals surface area (Å²) in [6.45, 7) is 1.52. The number of benzene rings is 1. The zero-order valence-corrected chi connectivity index (χ0v) is 14.8. The molecule has 1 aromatic carbocycles. The molecule has 144 valence electrons. The highest BCUT2D eigenvalue weighted by molar-refractivity contribution is 5.85. The van der Waals surface area contributed by atoms with Gasteiger partial charge < -0.3 is 26.4 Å². The fourth-order valence-electron chi connectivity index (χ4n) is 2.38. The Hall–Kier alpha value is -2.43. The van der Waals surface area contributed by atoms with Gasteiger partial charge in [-0.05, 0) is 5.56 Å². The van der Waals surface area contributed by atoms with Crippen LogP contribution < -0.4 is 21.3 Å². The van der Waals surface area contributed by atoms with Gasteiger partial charge in [-0.15, -0.1) is 12.4 Å². The highest BCUT2D eigenvalue weighted by Gasteiger charge is 2.24. The summed E-state index contributed by atoms with van der Waals surface area (Å²) in [5, 5.41) is 30.8. The average molecular weight is 388 g/mol. The fraction of sp³-hybridized carbons (Fsp3) is 0.467. The molecule has 2 unspecified atom stereocenters. The molecule has 0 radical (unpaired) electrons. The molecule has 26 heavy (non-hydrogen) atoms. The normalized spacial score (nSPS) is 18.5. The molecule has 1 saturated heterocycles. The number of carbonyl (C=O) groups excluding carboxylic acids is 2. The Kier molecular flexibility index (Phi) is 8.76. The zero-order valence-electron chi connectivity index (χ0n) is 13.9. The number of nitro groups is 1. The highest BCUT2D eigenvalue weighted by Crippen LogP contribution is 2.11. The second-order valence-corrected chi connectivity index (χ2v) is 5.75. The second kappa shape index (κ2) is 10.5. The lowest BCUT2D eigenvalue weighted by Gasteiger charge is -2.14. The largest absolute Gasteiger partial charge is 0.391 e. The van der Waals surface area contributed by atoms with E-state index in [-0.39, 0.29) is 43.0 Å². The van der Waals surface area contributed by atoms with Gasteiger partial charge in [0.15, 0.2) is 0 Å². The van der Waals surface area contributed by atoms with E-state index in [0.717, 1.165) is 0 Å². The van der Waals surface area contributed by atoms with E-state index in [1.807, 2.05) is 0 Å². The maximum Gasteiger partial charge on any atom is 0.315 e. The van der Waals surface area contributed by atoms with Crippen molar-refractivity contribution < 1.29 is 19.6 Å². The van der Waals surface area contributed by atoms with Crippen LogP contribution >= 0.6 is 12.4 Å². The number of nitrogens with zero attached hydrogens (tertiary/aromatic N) is 1. The molecule has 0 saturated carbocycles. The minimum absolute atomic E-state index is 0. The second-order valence-electron chi connectivity index (χ2n) is 5.75. The number of amides is 3. The first kappa shape index (κ1) is 21.6. The molecule has 5 N–H and O–H groups in total. The molecule has 0 bridgehead atoms. The first-order valence-corrected chi connectivity index (χ1v) is 7.86. The molecule has 1 fully saturated rings. The van der Waals surface area contributed by atoms with Gasteiger partial charge in [-0.2, -0.15) is 0 Å². The summed E-state index contributed by atoms with van der Waals surface area (Å²) < 4.78 is 0. The van der Waals surface area contributed by atoms with Crippen molar-refractivity contribution >= 4 is 30.0 Å². The van der Waals surface area contributed by atoms with Crippen LogP contribution in [0.15, 0.2) is 24.3 Å². The molecule has 2 atom stereocenters. The maximum atomic E-state index is 11.7. The van der Waals surface area contributed by atoms with Crippen molar-refractivity contribution in [1.82, 2.24) is 21.3 Å². The number of hydrogen-bond donors (Lipinski definition) is 5. The monoisotopic (exact) mass is 387 g/mol. The molecule has 1 aliphatic heterocycles. The SMILES string of the molecule is Cl.O=C(CNC(=O)NCc1ccc([N+](=O)[O-])cc1)NCC1CNCC1O. The molecule has 3 amide bonds. The summed E-state index contributed by atoms with van der Waals surface area (Å²) in [4.78, 5) is 33.4. The van der Waals surface area contributed by atoms with Gasteiger partial charge in [-0.3, -0.25) is 14.9 Å². The van der Waals surface area contributed by atoms with Crippen LogP contribution in [0.5, 0.6) is 0 Å². The van der Waals surface area contributed by atoms with E-state index in [2.05, 4.69) is 21.3 Å². The van der Waals surface area contributed by atoms with Crippen LogP contribution in [-0.2, 0) is 11.3 Å². The van der Waals surface area contributed by atoms with Gasteiger partial charge in [-0.1, -0.05) is 12.1 Å². The van der Waals surface area contributed by atoms with Crippen molar-refractivity contribution in [3.05, 3.63) is 39.9 Å². The number of aliphatic hydroxyl groups is 1. The molecule has 11 heteroatoms. The van der Waals surface area contributed by atoms with Crippen LogP contribution in [0.3, 0.4) is 0 Å². The summed E-state index contributed by atoms with van der Waals surface area (Å²) in [7, 11) is 0. The number of aliphatic hydroxyl groups excluding tert-OH is 1. The summed E-state index contributed by atoms with van der Waals surface area (Å²) in [6.07, 6.45) is -0.474. The van der Waals surface area contributed by atoms with E-state index in [1.165, 1.54) is 12.1 Å². The summed E-state index contributed by atoms with van der Waals surface area (Å²) in [5.41, 5.74) is 0.681. The van der Waals surface area contributed by atoms with Crippen LogP contribution in [0.25, 0.3) is 0 Å². The number of rotatable bonds is 7. The van der Waals surface area contributed by atoms with E-state index in [9.17, 15) is 24.8 Å². The third-order valence-corrected chi connectivity index (χ3v) is 3.88. The molecule has 10 nitrogen and oxygen atoms in total. The Labute approximate surface area is 156 Å². The van der Waals surface area contributed by atoms with Crippen molar-refractivity contribution in [2.24, 2.45) is 5.92 Å². The smallest absolute Gasteiger partial charge is 0.315 e. The molecule has 0 aliphatic carbocycles. The Morgan fingerprint density at radius 2 is 1.88 bits per heavy atom. The maximum absolute atomic E-state index is 11.7. The predicted molar refractivity (Wildman–Crippen MR) is 96.0 cm³/mol. The summed E-state index contributed by atoms with van der Waals surface area (Å²) in [5.74, 6) is -0.371. The van der Waals surface area contributed by atoms with Crippen molar-refractivity contribution in [3.8, 4) is 0 Å². The van der Waals surface area contributed by atoms with Crippen LogP contribution in [0.1, 0.15) is 5.56 Å². The Morgan fingerprint density at radius 3 is 2.46 bits per heavy atom. The van der Waals surface area contributed by atoms with Crippen molar-refractivity contribution in [2.75, 3.05) is 26.2 Å². The van der Waals surface area contributed by atoms with Gasteiger partial charge in [0.1, 0.15) is 0 Å². The van der Waals surface area contributed by atoms with Gasteiger partial charge >= 0.3 is 6.03 Å². The van der Waals surface area contributed by atoms with E-state index < -0.39 is 17.1 Å². The Balaban J connectivity index is 0.00000338. The number of halogens is 1. The van der Waals surface area contributed by atoms with Crippen molar-refractivity contribution in [3.63, 3.8) is 0 Å². The average Bonchev–Trinajstić information content (AvgIpc) is 3.01. The molecule has 0 aromatic heterocycles. The van der Waals surface area contributed by atoms with Crippen molar-refractivity contribution in [2.45, 2.75) is 12.6 Å². The molecule has 1 heterocycles. The lowest BCUT2D eigenvalue weighted by molar-refractivity contribution is -0.384. The number of β-amino-alcohol motifs (C(OH)–C–C–N with tert-alkyl or cyclic N) is 1. The number of nitrogens with one attached hydrogen (secondary N) is 4. The Morgan fingerprint density at radius 1 is 1.19 bits per heavy atom. The number of non-ortho nitro benzene ring substituents is 1. The third-order valence-electron chi connectivity index (χ3n) is 3.88. The predicted octanol–water partition coefficient (Wildman–Crippen LogP) is -0.488. The van der Waals surface area contributed by atoms with Crippen LogP contribution in [0.2, 0.25) is 0 Å². The quantitative estimate of drug-likeness (QED) is 0.315. The van der Waals surface area contributed by atoms with Crippen LogP contribution in [-0.4, -0.2) is 54.3 Å². The summed E-state index contributed by atoms with van der Waals surface area (Å²) >= 11 is 0. The fourth-order valence-corrected chi connectivity index (χ4v) is 2.38. The molecule has 1 aliphatic rings. The van der Waals surface area contributed by atoms with Crippen LogP contribution in [0.4, 0.5) is 10.5 Å². The van der Waals surface area contributed by atoms with Gasteiger partial charge in [0.25, 0.3) is 5.69 Å². The van der Waals surface area contributed by atoms with E-state index in [0.29, 0.717) is 25.2 Å². The number of urea groups is 1. The standard InChI is InChI=1S/C15H21N5O5.ClH/c21-13-8-16-6-11(13)7-17-14(22)9-19-15(23)18-5-10-1-3-12(4-2-10)20(24)25;/h1-4,11,13,16,21H,5-9H2,(H,17,22)(H2,18,19,23);1H. The minimum Gasteiger partial charge on any atom is -0.391 e.